The molecule has 8 heteroatoms. The van der Waals surface area contributed by atoms with Crippen molar-refractivity contribution in [3.63, 3.8) is 0 Å². The molecule has 5 nitrogen and oxygen atoms in total. The predicted octanol–water partition coefficient (Wildman–Crippen LogP) is 4.45. The zero-order valence-corrected chi connectivity index (χ0v) is 16.3. The summed E-state index contributed by atoms with van der Waals surface area (Å²) >= 11 is 2.91. The lowest BCUT2D eigenvalue weighted by Gasteiger charge is -2.04. The quantitative estimate of drug-likeness (QED) is 0.476. The van der Waals surface area contributed by atoms with Crippen molar-refractivity contribution in [1.82, 2.24) is 20.5 Å². The second-order valence-corrected chi connectivity index (χ2v) is 8.00. The molecule has 4 rings (SSSR count). The lowest BCUT2D eigenvalue weighted by molar-refractivity contribution is 0.0950. The van der Waals surface area contributed by atoms with Crippen LogP contribution < -0.4 is 5.32 Å². The van der Waals surface area contributed by atoms with E-state index in [0.29, 0.717) is 17.3 Å². The van der Waals surface area contributed by atoms with Gasteiger partial charge in [-0.25, -0.2) is 4.39 Å². The summed E-state index contributed by atoms with van der Waals surface area (Å²) in [5.74, 6) is 0.0347. The Morgan fingerprint density at radius 2 is 1.89 bits per heavy atom. The largest absolute Gasteiger partial charge is 0.346 e. The SMILES string of the molecule is O=C(NCc1ccc(F)cc1)c1nnc(CSc2ccnc3ccccc23)s1. The zero-order valence-electron chi connectivity index (χ0n) is 14.6. The third kappa shape index (κ3) is 4.35. The second-order valence-electron chi connectivity index (χ2n) is 5.93. The number of hydrogen-bond donors (Lipinski definition) is 1. The molecule has 0 radical (unpaired) electrons. The Balaban J connectivity index is 1.37. The number of nitrogens with one attached hydrogen (secondary N) is 1. The van der Waals surface area contributed by atoms with Crippen LogP contribution in [-0.4, -0.2) is 21.1 Å². The van der Waals surface area contributed by atoms with E-state index in [1.807, 2.05) is 30.3 Å². The molecule has 1 N–H and O–H groups in total. The Morgan fingerprint density at radius 1 is 1.07 bits per heavy atom. The van der Waals surface area contributed by atoms with Crippen molar-refractivity contribution in [2.75, 3.05) is 0 Å². The predicted molar refractivity (Wildman–Crippen MR) is 109 cm³/mol. The number of thioether (sulfide) groups is 1. The summed E-state index contributed by atoms with van der Waals surface area (Å²) in [5, 5.41) is 13.1. The summed E-state index contributed by atoms with van der Waals surface area (Å²) < 4.78 is 12.9. The summed E-state index contributed by atoms with van der Waals surface area (Å²) in [5.41, 5.74) is 1.77. The molecule has 0 bridgehead atoms. The number of benzene rings is 2. The van der Waals surface area contributed by atoms with Crippen molar-refractivity contribution in [3.8, 4) is 0 Å². The number of nitrogens with zero attached hydrogens (tertiary/aromatic N) is 3. The molecule has 4 aromatic rings. The van der Waals surface area contributed by atoms with Gasteiger partial charge in [0, 0.05) is 23.0 Å². The molecule has 0 fully saturated rings. The number of rotatable bonds is 6. The maximum Gasteiger partial charge on any atom is 0.282 e. The van der Waals surface area contributed by atoms with E-state index >= 15 is 0 Å². The van der Waals surface area contributed by atoms with Crippen LogP contribution in [0.25, 0.3) is 10.9 Å². The molecular formula is C20H15FN4OS2. The number of para-hydroxylation sites is 1. The molecule has 2 aromatic carbocycles. The molecule has 2 aromatic heterocycles. The van der Waals surface area contributed by atoms with Gasteiger partial charge in [-0.15, -0.1) is 22.0 Å². The number of hydrogen-bond acceptors (Lipinski definition) is 6. The van der Waals surface area contributed by atoms with Crippen molar-refractivity contribution < 1.29 is 9.18 Å². The van der Waals surface area contributed by atoms with Crippen molar-refractivity contribution in [2.45, 2.75) is 17.2 Å². The van der Waals surface area contributed by atoms with Crippen LogP contribution in [0.2, 0.25) is 0 Å². The minimum Gasteiger partial charge on any atom is -0.346 e. The maximum absolute atomic E-state index is 12.9. The van der Waals surface area contributed by atoms with Crippen molar-refractivity contribution in [2.24, 2.45) is 0 Å². The summed E-state index contributed by atoms with van der Waals surface area (Å²) in [6.07, 6.45) is 1.79. The smallest absolute Gasteiger partial charge is 0.282 e. The number of carbonyl (C=O) groups is 1. The molecule has 0 spiro atoms. The third-order valence-electron chi connectivity index (χ3n) is 3.99. The van der Waals surface area contributed by atoms with Gasteiger partial charge in [0.25, 0.3) is 5.91 Å². The van der Waals surface area contributed by atoms with Crippen molar-refractivity contribution in [1.29, 1.82) is 0 Å². The first-order valence-electron chi connectivity index (χ1n) is 8.50. The molecule has 28 heavy (non-hydrogen) atoms. The Morgan fingerprint density at radius 3 is 2.75 bits per heavy atom. The summed E-state index contributed by atoms with van der Waals surface area (Å²) in [4.78, 5) is 17.7. The number of halogens is 1. The van der Waals surface area contributed by atoms with Gasteiger partial charge >= 0.3 is 0 Å². The lowest BCUT2D eigenvalue weighted by Crippen LogP contribution is -2.22. The number of pyridine rings is 1. The van der Waals surface area contributed by atoms with E-state index in [2.05, 4.69) is 20.5 Å². The molecule has 0 unspecified atom stereocenters. The van der Waals surface area contributed by atoms with Gasteiger partial charge in [-0.3, -0.25) is 9.78 Å². The van der Waals surface area contributed by atoms with E-state index in [4.69, 9.17) is 0 Å². The molecule has 140 valence electrons. The molecule has 0 atom stereocenters. The monoisotopic (exact) mass is 410 g/mol. The first kappa shape index (κ1) is 18.5. The molecule has 0 saturated heterocycles. The van der Waals surface area contributed by atoms with E-state index in [0.717, 1.165) is 26.4 Å². The molecule has 2 heterocycles. The molecule has 0 saturated carbocycles. The molecule has 0 aliphatic rings. The Bertz CT molecular complexity index is 1110. The summed E-state index contributed by atoms with van der Waals surface area (Å²) in [6, 6.07) is 16.0. The van der Waals surface area contributed by atoms with Crippen LogP contribution in [0, 0.1) is 5.82 Å². The first-order valence-corrected chi connectivity index (χ1v) is 10.3. The highest BCUT2D eigenvalue weighted by Crippen LogP contribution is 2.29. The zero-order chi connectivity index (χ0) is 19.3. The highest BCUT2D eigenvalue weighted by atomic mass is 32.2. The van der Waals surface area contributed by atoms with Gasteiger partial charge < -0.3 is 5.32 Å². The third-order valence-corrected chi connectivity index (χ3v) is 6.18. The van der Waals surface area contributed by atoms with Gasteiger partial charge in [0.15, 0.2) is 0 Å². The average molecular weight is 410 g/mol. The number of fused-ring (bicyclic) bond motifs is 1. The van der Waals surface area contributed by atoms with Gasteiger partial charge in [0.05, 0.1) is 11.3 Å². The molecule has 0 aliphatic carbocycles. The standard InChI is InChI=1S/C20H15FN4OS2/c21-14-7-5-13(6-8-14)11-23-19(26)20-25-24-18(28-20)12-27-17-9-10-22-16-4-2-1-3-15(16)17/h1-10H,11-12H2,(H,23,26). The van der Waals surface area contributed by atoms with E-state index < -0.39 is 0 Å². The van der Waals surface area contributed by atoms with Gasteiger partial charge in [-0.2, -0.15) is 0 Å². The Kier molecular flexibility index (Phi) is 5.59. The second kappa shape index (κ2) is 8.45. The number of carbonyl (C=O) groups excluding carboxylic acids is 1. The van der Waals surface area contributed by atoms with Crippen LogP contribution in [0.5, 0.6) is 0 Å². The van der Waals surface area contributed by atoms with Crippen LogP contribution in [-0.2, 0) is 12.3 Å². The highest BCUT2D eigenvalue weighted by Gasteiger charge is 2.13. The fourth-order valence-electron chi connectivity index (χ4n) is 2.60. The van der Waals surface area contributed by atoms with Gasteiger partial charge in [0.1, 0.15) is 10.8 Å². The van der Waals surface area contributed by atoms with Crippen LogP contribution in [0.1, 0.15) is 20.4 Å². The maximum atomic E-state index is 12.9. The normalized spacial score (nSPS) is 10.9. The minimum atomic E-state index is -0.302. The van der Waals surface area contributed by atoms with Gasteiger partial charge in [-0.05, 0) is 29.8 Å². The van der Waals surface area contributed by atoms with E-state index in [-0.39, 0.29) is 11.7 Å². The van der Waals surface area contributed by atoms with Crippen LogP contribution in [0.4, 0.5) is 4.39 Å². The topological polar surface area (TPSA) is 67.8 Å². The van der Waals surface area contributed by atoms with E-state index in [1.165, 1.54) is 23.5 Å². The summed E-state index contributed by atoms with van der Waals surface area (Å²) in [7, 11) is 0. The van der Waals surface area contributed by atoms with E-state index in [1.54, 1.807) is 30.1 Å². The fourth-order valence-corrected chi connectivity index (χ4v) is 4.38. The van der Waals surface area contributed by atoms with E-state index in [9.17, 15) is 9.18 Å². The van der Waals surface area contributed by atoms with Crippen LogP contribution in [0.15, 0.2) is 65.7 Å². The average Bonchev–Trinajstić information content (AvgIpc) is 3.21. The number of aromatic nitrogens is 3. The molecule has 1 amide bonds. The van der Waals surface area contributed by atoms with Gasteiger partial charge in [0.2, 0.25) is 5.01 Å². The Labute approximate surface area is 169 Å². The van der Waals surface area contributed by atoms with Crippen molar-refractivity contribution in [3.05, 3.63) is 82.2 Å². The van der Waals surface area contributed by atoms with Gasteiger partial charge in [-0.1, -0.05) is 41.7 Å². The minimum absolute atomic E-state index is 0.285. The highest BCUT2D eigenvalue weighted by molar-refractivity contribution is 7.98. The molecular weight excluding hydrogens is 395 g/mol. The lowest BCUT2D eigenvalue weighted by atomic mass is 10.2. The van der Waals surface area contributed by atoms with Crippen molar-refractivity contribution >= 4 is 39.9 Å². The Hall–Kier alpha value is -2.84. The molecule has 0 aliphatic heterocycles. The number of amides is 1. The first-order chi connectivity index (χ1) is 13.7. The van der Waals surface area contributed by atoms with Crippen LogP contribution >= 0.6 is 23.1 Å². The summed E-state index contributed by atoms with van der Waals surface area (Å²) in [6.45, 7) is 0.311. The van der Waals surface area contributed by atoms with Crippen LogP contribution in [0.3, 0.4) is 0 Å². The fraction of sp³-hybridized carbons (Fsp3) is 0.100.